The molecule has 1 aliphatic heterocycles. The number of carbonyl (C=O) groups is 3. The zero-order valence-corrected chi connectivity index (χ0v) is 15.2. The van der Waals surface area contributed by atoms with Gasteiger partial charge in [0.05, 0.1) is 5.56 Å². The van der Waals surface area contributed by atoms with Gasteiger partial charge in [-0.25, -0.2) is 4.79 Å². The first-order chi connectivity index (χ1) is 12.5. The van der Waals surface area contributed by atoms with Crippen molar-refractivity contribution in [2.24, 2.45) is 11.8 Å². The summed E-state index contributed by atoms with van der Waals surface area (Å²) in [6, 6.07) is 6.42. The number of nitrogens with zero attached hydrogens (tertiary/aromatic N) is 1. The molecule has 0 bridgehead atoms. The van der Waals surface area contributed by atoms with E-state index in [1.807, 2.05) is 4.90 Å². The van der Waals surface area contributed by atoms with Gasteiger partial charge in [0.25, 0.3) is 5.91 Å². The van der Waals surface area contributed by atoms with Crippen LogP contribution >= 0.6 is 0 Å². The molecular formula is C20H26N2O4. The summed E-state index contributed by atoms with van der Waals surface area (Å²) in [5.74, 6) is 0.557. The number of piperidine rings is 1. The van der Waals surface area contributed by atoms with E-state index in [-0.39, 0.29) is 18.4 Å². The van der Waals surface area contributed by atoms with Gasteiger partial charge in [0, 0.05) is 25.7 Å². The quantitative estimate of drug-likeness (QED) is 0.840. The van der Waals surface area contributed by atoms with Crippen molar-refractivity contribution in [3.05, 3.63) is 29.8 Å². The van der Waals surface area contributed by atoms with Crippen LogP contribution in [0.25, 0.3) is 0 Å². The molecule has 1 aromatic carbocycles. The largest absolute Gasteiger partial charge is 0.452 e. The fourth-order valence-corrected chi connectivity index (χ4v) is 4.02. The molecule has 1 aromatic rings. The van der Waals surface area contributed by atoms with E-state index in [0.717, 1.165) is 25.4 Å². The average Bonchev–Trinajstić information content (AvgIpc) is 2.65. The first-order valence-corrected chi connectivity index (χ1v) is 9.35. The maximum Gasteiger partial charge on any atom is 0.338 e. The molecule has 1 saturated carbocycles. The van der Waals surface area contributed by atoms with Crippen LogP contribution in [-0.4, -0.2) is 42.4 Å². The van der Waals surface area contributed by atoms with Gasteiger partial charge in [0.2, 0.25) is 5.91 Å². The third-order valence-electron chi connectivity index (χ3n) is 5.41. The van der Waals surface area contributed by atoms with Crippen LogP contribution in [0.2, 0.25) is 0 Å². The van der Waals surface area contributed by atoms with E-state index in [2.05, 4.69) is 5.32 Å². The molecule has 1 aliphatic carbocycles. The summed E-state index contributed by atoms with van der Waals surface area (Å²) in [6.07, 6.45) is 6.13. The Bertz CT molecular complexity index is 671. The van der Waals surface area contributed by atoms with Crippen molar-refractivity contribution in [3.8, 4) is 0 Å². The zero-order valence-electron chi connectivity index (χ0n) is 15.2. The predicted octanol–water partition coefficient (Wildman–Crippen LogP) is 2.84. The lowest BCUT2D eigenvalue weighted by atomic mass is 9.75. The number of amides is 2. The van der Waals surface area contributed by atoms with Gasteiger partial charge in [-0.05, 0) is 48.9 Å². The number of ether oxygens (including phenoxy) is 1. The average molecular weight is 358 g/mol. The van der Waals surface area contributed by atoms with Crippen molar-refractivity contribution in [2.45, 2.75) is 39.0 Å². The molecule has 140 valence electrons. The fourth-order valence-electron chi connectivity index (χ4n) is 4.02. The van der Waals surface area contributed by atoms with Crippen LogP contribution in [0.15, 0.2) is 24.3 Å². The van der Waals surface area contributed by atoms with Crippen LogP contribution in [-0.2, 0) is 14.3 Å². The number of rotatable bonds is 4. The Labute approximate surface area is 153 Å². The van der Waals surface area contributed by atoms with Gasteiger partial charge in [-0.1, -0.05) is 19.3 Å². The van der Waals surface area contributed by atoms with Crippen LogP contribution in [0, 0.1) is 11.8 Å². The second-order valence-corrected chi connectivity index (χ2v) is 7.27. The van der Waals surface area contributed by atoms with Crippen molar-refractivity contribution in [1.29, 1.82) is 0 Å². The van der Waals surface area contributed by atoms with Gasteiger partial charge in [-0.3, -0.25) is 9.59 Å². The lowest BCUT2D eigenvalue weighted by Gasteiger charge is -2.41. The molecule has 3 rings (SSSR count). The standard InChI is InChI=1S/C20H26N2O4/c1-14(23)21-18-8-6-16(7-9-18)20(25)26-13-19(24)22-11-10-15-4-2-3-5-17(15)12-22/h6-9,15,17H,2-5,10-13H2,1H3,(H,21,23)/t15-,17-/m0/s1. The summed E-state index contributed by atoms with van der Waals surface area (Å²) in [5.41, 5.74) is 0.971. The topological polar surface area (TPSA) is 75.7 Å². The number of hydrogen-bond donors (Lipinski definition) is 1. The van der Waals surface area contributed by atoms with E-state index in [4.69, 9.17) is 4.74 Å². The zero-order chi connectivity index (χ0) is 18.5. The summed E-state index contributed by atoms with van der Waals surface area (Å²) in [4.78, 5) is 37.3. The van der Waals surface area contributed by atoms with Crippen LogP contribution in [0.1, 0.15) is 49.4 Å². The number of benzene rings is 1. The number of fused-ring (bicyclic) bond motifs is 1. The molecule has 0 unspecified atom stereocenters. The minimum Gasteiger partial charge on any atom is -0.452 e. The Morgan fingerprint density at radius 2 is 1.77 bits per heavy atom. The molecule has 6 nitrogen and oxygen atoms in total. The van der Waals surface area contributed by atoms with Gasteiger partial charge in [0.1, 0.15) is 0 Å². The number of esters is 1. The first kappa shape index (κ1) is 18.4. The third-order valence-corrected chi connectivity index (χ3v) is 5.41. The Balaban J connectivity index is 1.48. The Morgan fingerprint density at radius 3 is 2.46 bits per heavy atom. The van der Waals surface area contributed by atoms with E-state index < -0.39 is 5.97 Å². The molecule has 1 N–H and O–H groups in total. The number of hydrogen-bond acceptors (Lipinski definition) is 4. The lowest BCUT2D eigenvalue weighted by molar-refractivity contribution is -0.137. The van der Waals surface area contributed by atoms with E-state index in [1.165, 1.54) is 32.6 Å². The maximum atomic E-state index is 12.4. The van der Waals surface area contributed by atoms with Crippen LogP contribution in [0.3, 0.4) is 0 Å². The molecule has 1 saturated heterocycles. The Kier molecular flexibility index (Phi) is 5.91. The minimum absolute atomic E-state index is 0.114. The SMILES string of the molecule is CC(=O)Nc1ccc(C(=O)OCC(=O)N2CC[C@@H]3CCCC[C@H]3C2)cc1. The Morgan fingerprint density at radius 1 is 1.08 bits per heavy atom. The van der Waals surface area contributed by atoms with Gasteiger partial charge < -0.3 is 15.0 Å². The molecule has 6 heteroatoms. The van der Waals surface area contributed by atoms with E-state index in [0.29, 0.717) is 17.2 Å². The highest BCUT2D eigenvalue weighted by atomic mass is 16.5. The van der Waals surface area contributed by atoms with Crippen molar-refractivity contribution in [1.82, 2.24) is 4.90 Å². The van der Waals surface area contributed by atoms with Crippen molar-refractivity contribution >= 4 is 23.5 Å². The molecule has 0 radical (unpaired) electrons. The van der Waals surface area contributed by atoms with Crippen molar-refractivity contribution in [3.63, 3.8) is 0 Å². The van der Waals surface area contributed by atoms with E-state index in [1.54, 1.807) is 24.3 Å². The Hall–Kier alpha value is -2.37. The highest BCUT2D eigenvalue weighted by Crippen LogP contribution is 2.36. The molecule has 2 atom stereocenters. The number of anilines is 1. The van der Waals surface area contributed by atoms with Gasteiger partial charge in [-0.2, -0.15) is 0 Å². The molecular weight excluding hydrogens is 332 g/mol. The second-order valence-electron chi connectivity index (χ2n) is 7.27. The maximum absolute atomic E-state index is 12.4. The van der Waals surface area contributed by atoms with E-state index in [9.17, 15) is 14.4 Å². The van der Waals surface area contributed by atoms with Gasteiger partial charge >= 0.3 is 5.97 Å². The summed E-state index contributed by atoms with van der Waals surface area (Å²) in [7, 11) is 0. The molecule has 26 heavy (non-hydrogen) atoms. The highest BCUT2D eigenvalue weighted by molar-refractivity contribution is 5.93. The van der Waals surface area contributed by atoms with Crippen LogP contribution < -0.4 is 5.32 Å². The van der Waals surface area contributed by atoms with Crippen LogP contribution in [0.4, 0.5) is 5.69 Å². The van der Waals surface area contributed by atoms with Crippen molar-refractivity contribution in [2.75, 3.05) is 25.0 Å². The van der Waals surface area contributed by atoms with Gasteiger partial charge in [0.15, 0.2) is 6.61 Å². The summed E-state index contributed by atoms with van der Waals surface area (Å²) < 4.78 is 5.18. The summed E-state index contributed by atoms with van der Waals surface area (Å²) in [5, 5.41) is 2.64. The second kappa shape index (κ2) is 8.34. The van der Waals surface area contributed by atoms with E-state index >= 15 is 0 Å². The molecule has 1 heterocycles. The molecule has 2 fully saturated rings. The minimum atomic E-state index is -0.528. The fraction of sp³-hybridized carbons (Fsp3) is 0.550. The normalized spacial score (nSPS) is 22.3. The first-order valence-electron chi connectivity index (χ1n) is 9.35. The number of nitrogens with one attached hydrogen (secondary N) is 1. The van der Waals surface area contributed by atoms with Crippen LogP contribution in [0.5, 0.6) is 0 Å². The monoisotopic (exact) mass is 358 g/mol. The summed E-state index contributed by atoms with van der Waals surface area (Å²) in [6.45, 7) is 2.77. The molecule has 0 aromatic heterocycles. The number of carbonyl (C=O) groups excluding carboxylic acids is 3. The molecule has 2 aliphatic rings. The van der Waals surface area contributed by atoms with Crippen molar-refractivity contribution < 1.29 is 19.1 Å². The summed E-state index contributed by atoms with van der Waals surface area (Å²) >= 11 is 0. The number of likely N-dealkylation sites (tertiary alicyclic amines) is 1. The third kappa shape index (κ3) is 4.62. The molecule has 0 spiro atoms. The lowest BCUT2D eigenvalue weighted by Crippen LogP contribution is -2.46. The highest BCUT2D eigenvalue weighted by Gasteiger charge is 2.33. The molecule has 2 amide bonds. The van der Waals surface area contributed by atoms with Gasteiger partial charge in [-0.15, -0.1) is 0 Å². The smallest absolute Gasteiger partial charge is 0.338 e. The predicted molar refractivity (Wildman–Crippen MR) is 97.7 cm³/mol.